The second-order valence-electron chi connectivity index (χ2n) is 6.19. The molecule has 134 valence electrons. The number of rotatable bonds is 5. The lowest BCUT2D eigenvalue weighted by Crippen LogP contribution is -2.22. The fourth-order valence-corrected chi connectivity index (χ4v) is 3.67. The van der Waals surface area contributed by atoms with Gasteiger partial charge in [-0.05, 0) is 37.1 Å². The van der Waals surface area contributed by atoms with Crippen LogP contribution in [0.4, 0.5) is 6.01 Å². The molecule has 1 fully saturated rings. The molecule has 1 aliphatic carbocycles. The summed E-state index contributed by atoms with van der Waals surface area (Å²) in [7, 11) is -0.541. The van der Waals surface area contributed by atoms with Gasteiger partial charge < -0.3 is 4.42 Å². The molecule has 1 aromatic carbocycles. The van der Waals surface area contributed by atoms with Gasteiger partial charge in [-0.1, -0.05) is 17.9 Å². The van der Waals surface area contributed by atoms with Gasteiger partial charge in [0.15, 0.2) is 0 Å². The van der Waals surface area contributed by atoms with Crippen molar-refractivity contribution < 1.29 is 17.6 Å². The van der Waals surface area contributed by atoms with Gasteiger partial charge in [-0.25, -0.2) is 12.7 Å². The molecule has 3 rings (SSSR count). The number of aromatic nitrogens is 2. The SMILES string of the molecule is CN(C)S(=O)(=O)c1ccc(-c2nnc(NC(=O)C3CCCC3)o2)cc1. The molecule has 2 aromatic rings. The van der Waals surface area contributed by atoms with Crippen molar-refractivity contribution in [2.24, 2.45) is 5.92 Å². The Morgan fingerprint density at radius 3 is 2.40 bits per heavy atom. The predicted octanol–water partition coefficient (Wildman–Crippen LogP) is 2.12. The normalized spacial score (nSPS) is 15.6. The van der Waals surface area contributed by atoms with E-state index >= 15 is 0 Å². The zero-order chi connectivity index (χ0) is 18.0. The van der Waals surface area contributed by atoms with E-state index < -0.39 is 10.0 Å². The highest BCUT2D eigenvalue weighted by Gasteiger charge is 2.24. The summed E-state index contributed by atoms with van der Waals surface area (Å²) >= 11 is 0. The lowest BCUT2D eigenvalue weighted by Gasteiger charge is -2.11. The van der Waals surface area contributed by atoms with Gasteiger partial charge in [0.1, 0.15) is 0 Å². The van der Waals surface area contributed by atoms with E-state index in [9.17, 15) is 13.2 Å². The van der Waals surface area contributed by atoms with Crippen LogP contribution in [0, 0.1) is 5.92 Å². The Labute approximate surface area is 146 Å². The smallest absolute Gasteiger partial charge is 0.322 e. The maximum Gasteiger partial charge on any atom is 0.322 e. The number of anilines is 1. The molecule has 25 heavy (non-hydrogen) atoms. The second kappa shape index (κ2) is 6.93. The molecule has 0 aliphatic heterocycles. The number of carbonyl (C=O) groups is 1. The van der Waals surface area contributed by atoms with Crippen LogP contribution in [0.25, 0.3) is 11.5 Å². The molecular formula is C16H20N4O4S. The maximum atomic E-state index is 12.1. The molecule has 1 aliphatic rings. The van der Waals surface area contributed by atoms with Crippen molar-refractivity contribution in [3.05, 3.63) is 24.3 Å². The van der Waals surface area contributed by atoms with E-state index in [1.165, 1.54) is 26.2 Å². The minimum absolute atomic E-state index is 0.00544. The number of nitrogens with one attached hydrogen (secondary N) is 1. The Kier molecular flexibility index (Phi) is 4.87. The molecule has 0 unspecified atom stereocenters. The summed E-state index contributed by atoms with van der Waals surface area (Å²) in [5, 5.41) is 10.4. The van der Waals surface area contributed by atoms with Crippen LogP contribution in [0.5, 0.6) is 0 Å². The third-order valence-electron chi connectivity index (χ3n) is 4.26. The van der Waals surface area contributed by atoms with E-state index in [0.29, 0.717) is 5.56 Å². The Morgan fingerprint density at radius 1 is 1.16 bits per heavy atom. The van der Waals surface area contributed by atoms with Gasteiger partial charge in [0.25, 0.3) is 0 Å². The number of sulfonamides is 1. The summed E-state index contributed by atoms with van der Waals surface area (Å²) in [5.41, 5.74) is 0.576. The summed E-state index contributed by atoms with van der Waals surface area (Å²) in [6.07, 6.45) is 3.90. The summed E-state index contributed by atoms with van der Waals surface area (Å²) < 4.78 is 30.7. The van der Waals surface area contributed by atoms with Crippen molar-refractivity contribution >= 4 is 21.9 Å². The average molecular weight is 364 g/mol. The molecule has 0 atom stereocenters. The maximum absolute atomic E-state index is 12.1. The first-order valence-corrected chi connectivity index (χ1v) is 9.49. The average Bonchev–Trinajstić information content (AvgIpc) is 3.26. The Balaban J connectivity index is 1.73. The van der Waals surface area contributed by atoms with Crippen LogP contribution in [0.15, 0.2) is 33.6 Å². The van der Waals surface area contributed by atoms with Gasteiger partial charge >= 0.3 is 6.01 Å². The molecule has 9 heteroatoms. The van der Waals surface area contributed by atoms with E-state index in [4.69, 9.17) is 4.42 Å². The summed E-state index contributed by atoms with van der Waals surface area (Å²) in [6.45, 7) is 0. The number of carbonyl (C=O) groups excluding carboxylic acids is 1. The largest absolute Gasteiger partial charge is 0.403 e. The molecule has 8 nitrogen and oxygen atoms in total. The van der Waals surface area contributed by atoms with Crippen LogP contribution >= 0.6 is 0 Å². The first kappa shape index (κ1) is 17.6. The standard InChI is InChI=1S/C16H20N4O4S/c1-20(2)25(22,23)13-9-7-12(8-10-13)15-18-19-16(24-15)17-14(21)11-5-3-4-6-11/h7-11H,3-6H2,1-2H3,(H,17,19,21). The van der Waals surface area contributed by atoms with Gasteiger partial charge in [0.05, 0.1) is 4.90 Å². The van der Waals surface area contributed by atoms with Gasteiger partial charge in [0.2, 0.25) is 21.8 Å². The minimum atomic E-state index is -3.49. The van der Waals surface area contributed by atoms with Crippen molar-refractivity contribution in [2.45, 2.75) is 30.6 Å². The molecule has 1 amide bonds. The van der Waals surface area contributed by atoms with Crippen LogP contribution in [-0.2, 0) is 14.8 Å². The summed E-state index contributed by atoms with van der Waals surface area (Å²) in [5.74, 6) is 0.126. The lowest BCUT2D eigenvalue weighted by atomic mass is 10.1. The second-order valence-corrected chi connectivity index (χ2v) is 8.35. The van der Waals surface area contributed by atoms with E-state index in [1.807, 2.05) is 0 Å². The van der Waals surface area contributed by atoms with E-state index in [-0.39, 0.29) is 28.6 Å². The number of hydrogen-bond donors (Lipinski definition) is 1. The van der Waals surface area contributed by atoms with E-state index in [0.717, 1.165) is 30.0 Å². The first-order chi connectivity index (χ1) is 11.9. The van der Waals surface area contributed by atoms with Crippen LogP contribution in [0.2, 0.25) is 0 Å². The van der Waals surface area contributed by atoms with Gasteiger partial charge in [0, 0.05) is 25.6 Å². The number of nitrogens with zero attached hydrogens (tertiary/aromatic N) is 3. The molecule has 1 heterocycles. The molecule has 1 aromatic heterocycles. The van der Waals surface area contributed by atoms with E-state index in [1.54, 1.807) is 12.1 Å². The topological polar surface area (TPSA) is 105 Å². The fourth-order valence-electron chi connectivity index (χ4n) is 2.77. The highest BCUT2D eigenvalue weighted by atomic mass is 32.2. The Morgan fingerprint density at radius 2 is 1.80 bits per heavy atom. The van der Waals surface area contributed by atoms with Crippen LogP contribution in [0.3, 0.4) is 0 Å². The van der Waals surface area contributed by atoms with Crippen molar-refractivity contribution in [3.63, 3.8) is 0 Å². The van der Waals surface area contributed by atoms with Crippen molar-refractivity contribution in [1.29, 1.82) is 0 Å². The summed E-state index contributed by atoms with van der Waals surface area (Å²) in [4.78, 5) is 12.2. The molecule has 0 saturated heterocycles. The quantitative estimate of drug-likeness (QED) is 0.871. The molecule has 1 saturated carbocycles. The molecule has 0 spiro atoms. The summed E-state index contributed by atoms with van der Waals surface area (Å²) in [6, 6.07) is 6.19. The highest BCUT2D eigenvalue weighted by Crippen LogP contribution is 2.27. The van der Waals surface area contributed by atoms with Crippen LogP contribution < -0.4 is 5.32 Å². The molecular weight excluding hydrogens is 344 g/mol. The van der Waals surface area contributed by atoms with Gasteiger partial charge in [-0.15, -0.1) is 5.10 Å². The number of benzene rings is 1. The van der Waals surface area contributed by atoms with Crippen LogP contribution in [0.1, 0.15) is 25.7 Å². The fraction of sp³-hybridized carbons (Fsp3) is 0.438. The third kappa shape index (κ3) is 3.72. The molecule has 0 radical (unpaired) electrons. The lowest BCUT2D eigenvalue weighted by molar-refractivity contribution is -0.119. The molecule has 0 bridgehead atoms. The van der Waals surface area contributed by atoms with Crippen LogP contribution in [-0.4, -0.2) is 42.9 Å². The zero-order valence-corrected chi connectivity index (χ0v) is 14.9. The Bertz CT molecular complexity index is 853. The van der Waals surface area contributed by atoms with Crippen molar-refractivity contribution in [3.8, 4) is 11.5 Å². The van der Waals surface area contributed by atoms with Crippen molar-refractivity contribution in [1.82, 2.24) is 14.5 Å². The molecule has 1 N–H and O–H groups in total. The van der Waals surface area contributed by atoms with Gasteiger partial charge in [-0.3, -0.25) is 10.1 Å². The van der Waals surface area contributed by atoms with Crippen molar-refractivity contribution in [2.75, 3.05) is 19.4 Å². The van der Waals surface area contributed by atoms with E-state index in [2.05, 4.69) is 15.5 Å². The predicted molar refractivity (Wildman–Crippen MR) is 91.2 cm³/mol. The first-order valence-electron chi connectivity index (χ1n) is 8.05. The monoisotopic (exact) mass is 364 g/mol. The van der Waals surface area contributed by atoms with Gasteiger partial charge in [-0.2, -0.15) is 0 Å². The highest BCUT2D eigenvalue weighted by molar-refractivity contribution is 7.89. The zero-order valence-electron chi connectivity index (χ0n) is 14.1. The Hall–Kier alpha value is -2.26. The third-order valence-corrected chi connectivity index (χ3v) is 6.09. The number of amides is 1. The number of hydrogen-bond acceptors (Lipinski definition) is 6. The minimum Gasteiger partial charge on any atom is -0.403 e.